The average molecular weight is 463 g/mol. The molecule has 0 aliphatic carbocycles. The SMILES string of the molecule is CC(NC(=O)c1ccc2c(n1)N(C(=O)Nc1cc(C(N)=O)ccn1)[C@H]1CCN2C1)C(F)(F)F. The Bertz CT molecular complexity index is 1120. The molecule has 2 aromatic heterocycles. The van der Waals surface area contributed by atoms with E-state index in [-0.39, 0.29) is 28.9 Å². The highest BCUT2D eigenvalue weighted by molar-refractivity contribution is 6.05. The van der Waals surface area contributed by atoms with Crippen molar-refractivity contribution in [2.24, 2.45) is 5.73 Å². The third-order valence-electron chi connectivity index (χ3n) is 5.52. The monoisotopic (exact) mass is 463 g/mol. The fourth-order valence-electron chi connectivity index (χ4n) is 3.77. The molecule has 2 bridgehead atoms. The first-order valence-corrected chi connectivity index (χ1v) is 10.0. The van der Waals surface area contributed by atoms with Gasteiger partial charge in [-0.15, -0.1) is 0 Å². The largest absolute Gasteiger partial charge is 0.408 e. The molecule has 2 aliphatic rings. The molecule has 1 saturated heterocycles. The van der Waals surface area contributed by atoms with Crippen molar-refractivity contribution < 1.29 is 27.6 Å². The molecule has 13 heteroatoms. The van der Waals surface area contributed by atoms with Gasteiger partial charge >= 0.3 is 12.2 Å². The fraction of sp³-hybridized carbons (Fsp3) is 0.350. The number of primary amides is 1. The molecule has 10 nitrogen and oxygen atoms in total. The highest BCUT2D eigenvalue weighted by Crippen LogP contribution is 2.39. The number of fused-ring (bicyclic) bond motifs is 4. The van der Waals surface area contributed by atoms with Crippen molar-refractivity contribution in [3.05, 3.63) is 41.7 Å². The number of urea groups is 1. The molecule has 0 radical (unpaired) electrons. The van der Waals surface area contributed by atoms with E-state index in [1.54, 1.807) is 6.07 Å². The summed E-state index contributed by atoms with van der Waals surface area (Å²) in [4.78, 5) is 48.5. The summed E-state index contributed by atoms with van der Waals surface area (Å²) in [5, 5.41) is 4.46. The van der Waals surface area contributed by atoms with Crippen LogP contribution in [0.15, 0.2) is 30.5 Å². The lowest BCUT2D eigenvalue weighted by Gasteiger charge is -2.35. The number of nitrogens with zero attached hydrogens (tertiary/aromatic N) is 4. The van der Waals surface area contributed by atoms with Crippen LogP contribution >= 0.6 is 0 Å². The normalized spacial score (nSPS) is 17.9. The number of hydrogen-bond acceptors (Lipinski definition) is 6. The number of anilines is 3. The predicted octanol–water partition coefficient (Wildman–Crippen LogP) is 1.89. The quantitative estimate of drug-likeness (QED) is 0.634. The maximum absolute atomic E-state index is 13.1. The molecule has 4 rings (SSSR count). The Morgan fingerprint density at radius 1 is 1.24 bits per heavy atom. The molecule has 4 heterocycles. The van der Waals surface area contributed by atoms with Crippen LogP contribution in [0.4, 0.5) is 35.3 Å². The van der Waals surface area contributed by atoms with E-state index in [4.69, 9.17) is 5.73 Å². The van der Waals surface area contributed by atoms with Crippen molar-refractivity contribution in [2.45, 2.75) is 31.6 Å². The number of nitrogens with two attached hydrogens (primary N) is 1. The molecule has 4 N–H and O–H groups in total. The summed E-state index contributed by atoms with van der Waals surface area (Å²) in [6, 6.07) is 2.67. The van der Waals surface area contributed by atoms with Crippen molar-refractivity contribution in [1.29, 1.82) is 0 Å². The molecular formula is C20H20F3N7O3. The minimum absolute atomic E-state index is 0.0891. The van der Waals surface area contributed by atoms with Crippen molar-refractivity contribution >= 4 is 35.2 Å². The van der Waals surface area contributed by atoms with Gasteiger partial charge in [0.25, 0.3) is 5.91 Å². The van der Waals surface area contributed by atoms with Crippen LogP contribution in [0.25, 0.3) is 0 Å². The van der Waals surface area contributed by atoms with Gasteiger partial charge in [-0.05, 0) is 37.6 Å². The Kier molecular flexibility index (Phi) is 5.56. The number of alkyl halides is 3. The zero-order valence-electron chi connectivity index (χ0n) is 17.4. The second-order valence-electron chi connectivity index (χ2n) is 7.76. The summed E-state index contributed by atoms with van der Waals surface area (Å²) in [6.07, 6.45) is -2.65. The van der Waals surface area contributed by atoms with Gasteiger partial charge in [-0.3, -0.25) is 19.8 Å². The molecule has 2 atom stereocenters. The molecule has 2 aliphatic heterocycles. The minimum Gasteiger partial charge on any atom is -0.366 e. The molecule has 2 aromatic rings. The number of hydrogen-bond donors (Lipinski definition) is 3. The van der Waals surface area contributed by atoms with Gasteiger partial charge in [-0.1, -0.05) is 0 Å². The Morgan fingerprint density at radius 2 is 2.00 bits per heavy atom. The van der Waals surface area contributed by atoms with E-state index in [9.17, 15) is 27.6 Å². The number of carbonyl (C=O) groups excluding carboxylic acids is 3. The van der Waals surface area contributed by atoms with Gasteiger partial charge in [0.2, 0.25) is 5.91 Å². The lowest BCUT2D eigenvalue weighted by atomic mass is 10.1. The lowest BCUT2D eigenvalue weighted by molar-refractivity contribution is -0.149. The molecule has 0 spiro atoms. The van der Waals surface area contributed by atoms with Crippen LogP contribution in [0.1, 0.15) is 34.2 Å². The van der Waals surface area contributed by atoms with Crippen LogP contribution in [0.3, 0.4) is 0 Å². The van der Waals surface area contributed by atoms with E-state index >= 15 is 0 Å². The minimum atomic E-state index is -4.60. The van der Waals surface area contributed by atoms with E-state index in [1.165, 1.54) is 29.3 Å². The standard InChI is InChI=1S/C20H20F3N7O3/c1-10(20(21,22)23)26-18(32)13-2-3-14-17(27-13)30(12-5-7-29(14)9-12)19(33)28-15-8-11(16(24)31)4-6-25-15/h2-4,6,8,10,12H,5,7,9H2,1H3,(H2,24,31)(H,26,32)(H,25,28,33)/t10?,12-/m0/s1. The van der Waals surface area contributed by atoms with E-state index in [0.29, 0.717) is 25.2 Å². The van der Waals surface area contributed by atoms with Crippen molar-refractivity contribution in [1.82, 2.24) is 15.3 Å². The Hall–Kier alpha value is -3.90. The molecule has 174 valence electrons. The lowest BCUT2D eigenvalue weighted by Crippen LogP contribution is -2.49. The molecule has 1 fully saturated rings. The van der Waals surface area contributed by atoms with E-state index in [2.05, 4.69) is 15.3 Å². The number of carbonyl (C=O) groups is 3. The summed E-state index contributed by atoms with van der Waals surface area (Å²) >= 11 is 0. The summed E-state index contributed by atoms with van der Waals surface area (Å²) in [7, 11) is 0. The number of amides is 4. The molecule has 1 unspecified atom stereocenters. The van der Waals surface area contributed by atoms with Gasteiger partial charge in [0.05, 0.1) is 11.7 Å². The number of rotatable bonds is 4. The highest BCUT2D eigenvalue weighted by atomic mass is 19.4. The summed E-state index contributed by atoms with van der Waals surface area (Å²) < 4.78 is 38.5. The van der Waals surface area contributed by atoms with E-state index in [1.807, 2.05) is 10.2 Å². The molecule has 0 aromatic carbocycles. The number of nitrogens with one attached hydrogen (secondary N) is 2. The van der Waals surface area contributed by atoms with Crippen molar-refractivity contribution in [2.75, 3.05) is 28.2 Å². The fourth-order valence-corrected chi connectivity index (χ4v) is 3.77. The van der Waals surface area contributed by atoms with Crippen LogP contribution in [0.5, 0.6) is 0 Å². The summed E-state index contributed by atoms with van der Waals surface area (Å²) in [5.41, 5.74) is 5.75. The second-order valence-corrected chi connectivity index (χ2v) is 7.76. The average Bonchev–Trinajstić information content (AvgIpc) is 3.17. The maximum Gasteiger partial charge on any atom is 0.408 e. The van der Waals surface area contributed by atoms with Crippen LogP contribution in [0, 0.1) is 0 Å². The maximum atomic E-state index is 13.1. The molecule has 4 amide bonds. The second kappa shape index (κ2) is 8.22. The molecule has 0 saturated carbocycles. The van der Waals surface area contributed by atoms with Gasteiger partial charge in [0, 0.05) is 24.8 Å². The van der Waals surface area contributed by atoms with Gasteiger partial charge in [-0.2, -0.15) is 13.2 Å². The predicted molar refractivity (Wildman–Crippen MR) is 112 cm³/mol. The van der Waals surface area contributed by atoms with Crippen LogP contribution in [-0.4, -0.2) is 59.2 Å². The number of aromatic nitrogens is 2. The third-order valence-corrected chi connectivity index (χ3v) is 5.52. The van der Waals surface area contributed by atoms with Gasteiger partial charge in [0.1, 0.15) is 17.6 Å². The van der Waals surface area contributed by atoms with Gasteiger partial charge in [-0.25, -0.2) is 14.8 Å². The smallest absolute Gasteiger partial charge is 0.366 e. The van der Waals surface area contributed by atoms with E-state index in [0.717, 1.165) is 6.92 Å². The third kappa shape index (κ3) is 4.38. The number of halogens is 3. The first kappa shape index (κ1) is 22.3. The highest BCUT2D eigenvalue weighted by Gasteiger charge is 2.41. The number of pyridine rings is 2. The van der Waals surface area contributed by atoms with Gasteiger partial charge in [0.15, 0.2) is 5.82 Å². The molecule has 33 heavy (non-hydrogen) atoms. The van der Waals surface area contributed by atoms with Crippen molar-refractivity contribution in [3.8, 4) is 0 Å². The van der Waals surface area contributed by atoms with Crippen LogP contribution in [-0.2, 0) is 0 Å². The zero-order valence-corrected chi connectivity index (χ0v) is 17.4. The zero-order chi connectivity index (χ0) is 23.9. The Morgan fingerprint density at radius 3 is 2.70 bits per heavy atom. The van der Waals surface area contributed by atoms with E-state index < -0.39 is 30.1 Å². The topological polar surface area (TPSA) is 134 Å². The Labute approximate surface area is 186 Å². The first-order valence-electron chi connectivity index (χ1n) is 10.0. The van der Waals surface area contributed by atoms with Crippen molar-refractivity contribution in [3.63, 3.8) is 0 Å². The summed E-state index contributed by atoms with van der Waals surface area (Å²) in [6.45, 7) is 2.01. The van der Waals surface area contributed by atoms with Crippen LogP contribution < -0.4 is 26.2 Å². The van der Waals surface area contributed by atoms with Gasteiger partial charge < -0.3 is 16.0 Å². The van der Waals surface area contributed by atoms with Crippen LogP contribution in [0.2, 0.25) is 0 Å². The Balaban J connectivity index is 1.62. The summed E-state index contributed by atoms with van der Waals surface area (Å²) in [5.74, 6) is -1.45. The molecular weight excluding hydrogens is 443 g/mol. The first-order chi connectivity index (χ1) is 15.5.